The quantitative estimate of drug-likeness (QED) is 0.526. The van der Waals surface area contributed by atoms with Crippen LogP contribution >= 0.6 is 0 Å². The maximum Gasteiger partial charge on any atom is 0.308 e. The van der Waals surface area contributed by atoms with Gasteiger partial charge in [0, 0.05) is 6.07 Å². The lowest BCUT2D eigenvalue weighted by molar-refractivity contribution is -0.465. The van der Waals surface area contributed by atoms with Gasteiger partial charge in [0.05, 0.1) is 7.11 Å². The maximum atomic E-state index is 5.69. The van der Waals surface area contributed by atoms with Gasteiger partial charge in [-0.2, -0.15) is 4.98 Å². The number of aromatic nitrogens is 1. The lowest BCUT2D eigenvalue weighted by Crippen LogP contribution is -3.00. The molecule has 0 bridgehead atoms. The number of pyridine rings is 1. The number of nitrogens with two attached hydrogens (primary N) is 1. The zero-order valence-electron chi connectivity index (χ0n) is 11.1. The Labute approximate surface area is 130 Å². The molecule has 0 atom stereocenters. The SMILES string of the molecule is COc1ccc(CNc2ccc(N)c([NH3+])[nH+]2)cc1.[Cl-].[Cl-]. The number of methoxy groups -OCH3 is 1. The molecule has 0 spiro atoms. The molecule has 5 nitrogen and oxygen atoms in total. The van der Waals surface area contributed by atoms with Crippen LogP contribution in [0, 0.1) is 0 Å². The highest BCUT2D eigenvalue weighted by Gasteiger charge is 2.07. The first-order valence-corrected chi connectivity index (χ1v) is 5.69. The Morgan fingerprint density at radius 3 is 2.35 bits per heavy atom. The maximum absolute atomic E-state index is 5.69. The molecule has 20 heavy (non-hydrogen) atoms. The van der Waals surface area contributed by atoms with E-state index in [2.05, 4.69) is 16.0 Å². The van der Waals surface area contributed by atoms with Crippen LogP contribution in [0.15, 0.2) is 36.4 Å². The van der Waals surface area contributed by atoms with Crippen molar-refractivity contribution in [3.63, 3.8) is 0 Å². The fourth-order valence-electron chi connectivity index (χ4n) is 1.59. The number of hydrogen-bond acceptors (Lipinski definition) is 3. The molecular formula is C13H18Cl2N4O. The number of benzene rings is 1. The predicted molar refractivity (Wildman–Crippen MR) is 70.3 cm³/mol. The van der Waals surface area contributed by atoms with Gasteiger partial charge < -0.3 is 35.3 Å². The van der Waals surface area contributed by atoms with Gasteiger partial charge in [-0.15, -0.1) is 0 Å². The van der Waals surface area contributed by atoms with Gasteiger partial charge >= 0.3 is 5.82 Å². The van der Waals surface area contributed by atoms with Crippen molar-refractivity contribution in [1.82, 2.24) is 0 Å². The van der Waals surface area contributed by atoms with Crippen LogP contribution in [-0.4, -0.2) is 7.11 Å². The Kier molecular flexibility index (Phi) is 7.76. The molecule has 2 aromatic rings. The fraction of sp³-hybridized carbons (Fsp3) is 0.154. The van der Waals surface area contributed by atoms with Gasteiger partial charge in [0.1, 0.15) is 18.0 Å². The third-order valence-corrected chi connectivity index (χ3v) is 2.71. The summed E-state index contributed by atoms with van der Waals surface area (Å²) in [6, 6.07) is 11.7. The zero-order chi connectivity index (χ0) is 13.0. The molecule has 7 heteroatoms. The smallest absolute Gasteiger partial charge is 0.308 e. The van der Waals surface area contributed by atoms with E-state index in [0.717, 1.165) is 23.9 Å². The number of quaternary nitrogens is 1. The molecule has 0 saturated carbocycles. The molecule has 1 aromatic heterocycles. The second-order valence-electron chi connectivity index (χ2n) is 4.01. The van der Waals surface area contributed by atoms with E-state index in [4.69, 9.17) is 10.5 Å². The highest BCUT2D eigenvalue weighted by atomic mass is 35.5. The summed E-state index contributed by atoms with van der Waals surface area (Å²) in [5.74, 6) is 2.47. The van der Waals surface area contributed by atoms with Gasteiger partial charge in [-0.25, -0.2) is 0 Å². The first kappa shape index (κ1) is 18.3. The average molecular weight is 317 g/mol. The van der Waals surface area contributed by atoms with Gasteiger partial charge in [0.25, 0.3) is 5.82 Å². The molecule has 0 fully saturated rings. The molecule has 0 radical (unpaired) electrons. The molecular weight excluding hydrogens is 299 g/mol. The number of nitrogen functional groups attached to an aromatic ring is 1. The second-order valence-corrected chi connectivity index (χ2v) is 4.01. The normalized spacial score (nSPS) is 9.10. The number of halogens is 2. The van der Waals surface area contributed by atoms with E-state index in [1.807, 2.05) is 36.4 Å². The standard InChI is InChI=1S/C13H16N4O.2ClH/c1-18-10-4-2-9(3-5-10)8-16-12-7-6-11(14)13(15)17-12;;/h2-7H,8,14H2,1H3,(H3,15,16,17);2*1H. The minimum atomic E-state index is 0. The van der Waals surface area contributed by atoms with Crippen LogP contribution < -0.4 is 51.3 Å². The number of ether oxygens (including phenoxy) is 1. The highest BCUT2D eigenvalue weighted by Crippen LogP contribution is 2.13. The van der Waals surface area contributed by atoms with Crippen LogP contribution in [0.3, 0.4) is 0 Å². The molecule has 7 N–H and O–H groups in total. The number of H-pyrrole nitrogens is 1. The van der Waals surface area contributed by atoms with Crippen molar-refractivity contribution in [3.8, 4) is 5.75 Å². The fourth-order valence-corrected chi connectivity index (χ4v) is 1.59. The summed E-state index contributed by atoms with van der Waals surface area (Å²) in [4.78, 5) is 3.10. The Bertz CT molecular complexity index is 534. The van der Waals surface area contributed by atoms with Crippen molar-refractivity contribution >= 4 is 17.3 Å². The highest BCUT2D eigenvalue weighted by molar-refractivity contribution is 5.51. The van der Waals surface area contributed by atoms with Crippen LogP contribution in [0.1, 0.15) is 5.56 Å². The average Bonchev–Trinajstić information content (AvgIpc) is 2.41. The molecule has 1 aromatic carbocycles. The molecule has 2 rings (SSSR count). The van der Waals surface area contributed by atoms with E-state index in [1.165, 1.54) is 5.56 Å². The Balaban J connectivity index is 0.00000180. The molecule has 0 aliphatic carbocycles. The molecule has 0 aliphatic rings. The molecule has 0 amide bonds. The zero-order valence-corrected chi connectivity index (χ0v) is 12.6. The summed E-state index contributed by atoms with van der Waals surface area (Å²) in [5, 5.41) is 3.27. The van der Waals surface area contributed by atoms with Crippen molar-refractivity contribution < 1.29 is 40.3 Å². The van der Waals surface area contributed by atoms with Crippen molar-refractivity contribution in [2.75, 3.05) is 18.2 Å². The van der Waals surface area contributed by atoms with Gasteiger partial charge in [-0.3, -0.25) is 11.1 Å². The van der Waals surface area contributed by atoms with E-state index in [-0.39, 0.29) is 24.8 Å². The summed E-state index contributed by atoms with van der Waals surface area (Å²) in [6.45, 7) is 0.726. The Morgan fingerprint density at radius 1 is 1.15 bits per heavy atom. The predicted octanol–water partition coefficient (Wildman–Crippen LogP) is -5.42. The third-order valence-electron chi connectivity index (χ3n) is 2.71. The van der Waals surface area contributed by atoms with Crippen LogP contribution in [0.25, 0.3) is 0 Å². The molecule has 0 aliphatic heterocycles. The number of anilines is 2. The summed E-state index contributed by atoms with van der Waals surface area (Å²) < 4.78 is 5.11. The number of hydrogen-bond donors (Lipinski definition) is 3. The van der Waals surface area contributed by atoms with Gasteiger partial charge in [0.15, 0.2) is 0 Å². The van der Waals surface area contributed by atoms with Gasteiger partial charge in [-0.1, -0.05) is 12.1 Å². The third kappa shape index (κ3) is 4.77. The first-order chi connectivity index (χ1) is 8.69. The van der Waals surface area contributed by atoms with Gasteiger partial charge in [-0.05, 0) is 23.8 Å². The van der Waals surface area contributed by atoms with Gasteiger partial charge in [0.2, 0.25) is 0 Å². The van der Waals surface area contributed by atoms with Crippen LogP contribution in [0.4, 0.5) is 17.3 Å². The summed E-state index contributed by atoms with van der Waals surface area (Å²) in [5.41, 5.74) is 11.3. The van der Waals surface area contributed by atoms with Crippen molar-refractivity contribution in [2.45, 2.75) is 6.54 Å². The van der Waals surface area contributed by atoms with Crippen LogP contribution in [-0.2, 0) is 6.54 Å². The van der Waals surface area contributed by atoms with Crippen molar-refractivity contribution in [3.05, 3.63) is 42.0 Å². The van der Waals surface area contributed by atoms with Crippen LogP contribution in [0.2, 0.25) is 0 Å². The number of aromatic amines is 1. The lowest BCUT2D eigenvalue weighted by atomic mass is 10.2. The van der Waals surface area contributed by atoms with E-state index < -0.39 is 0 Å². The monoisotopic (exact) mass is 316 g/mol. The summed E-state index contributed by atoms with van der Waals surface area (Å²) >= 11 is 0. The molecule has 1 heterocycles. The van der Waals surface area contributed by atoms with E-state index in [9.17, 15) is 0 Å². The minimum absolute atomic E-state index is 0. The lowest BCUT2D eigenvalue weighted by Gasteiger charge is -2.02. The number of rotatable bonds is 4. The van der Waals surface area contributed by atoms with Crippen molar-refractivity contribution in [2.24, 2.45) is 0 Å². The summed E-state index contributed by atoms with van der Waals surface area (Å²) in [6.07, 6.45) is 0. The molecule has 0 saturated heterocycles. The Hall–Kier alpha value is -1.69. The first-order valence-electron chi connectivity index (χ1n) is 5.69. The second kappa shape index (κ2) is 8.47. The number of nitrogens with one attached hydrogen (secondary N) is 2. The largest absolute Gasteiger partial charge is 1.00 e. The van der Waals surface area contributed by atoms with E-state index in [0.29, 0.717) is 5.69 Å². The van der Waals surface area contributed by atoms with E-state index in [1.54, 1.807) is 7.11 Å². The minimum Gasteiger partial charge on any atom is -1.00 e. The Morgan fingerprint density at radius 2 is 1.80 bits per heavy atom. The molecule has 110 valence electrons. The summed E-state index contributed by atoms with van der Waals surface area (Å²) in [7, 11) is 1.66. The van der Waals surface area contributed by atoms with Crippen LogP contribution in [0.5, 0.6) is 5.75 Å². The van der Waals surface area contributed by atoms with Crippen molar-refractivity contribution in [1.29, 1.82) is 0 Å². The molecule has 0 unspecified atom stereocenters. The topological polar surface area (TPSA) is 89.1 Å². The van der Waals surface area contributed by atoms with E-state index >= 15 is 0 Å².